The third-order valence-electron chi connectivity index (χ3n) is 3.93. The summed E-state index contributed by atoms with van der Waals surface area (Å²) >= 11 is 0. The summed E-state index contributed by atoms with van der Waals surface area (Å²) in [6, 6.07) is 6.20. The van der Waals surface area contributed by atoms with Crippen LogP contribution in [0.3, 0.4) is 0 Å². The van der Waals surface area contributed by atoms with E-state index in [0.29, 0.717) is 29.5 Å². The van der Waals surface area contributed by atoms with Gasteiger partial charge in [-0.1, -0.05) is 12.1 Å². The van der Waals surface area contributed by atoms with E-state index in [9.17, 15) is 0 Å². The molecule has 0 fully saturated rings. The molecule has 2 heterocycles. The van der Waals surface area contributed by atoms with Gasteiger partial charge in [0.2, 0.25) is 5.95 Å². The summed E-state index contributed by atoms with van der Waals surface area (Å²) in [6.07, 6.45) is 2.83. The Balaban J connectivity index is 1.96. The molecule has 0 atom stereocenters. The third-order valence-corrected chi connectivity index (χ3v) is 3.93. The van der Waals surface area contributed by atoms with Gasteiger partial charge < -0.3 is 20.1 Å². The number of aromatic nitrogens is 4. The Hall–Kier alpha value is -2.84. The molecule has 0 aliphatic carbocycles. The Bertz CT molecular complexity index is 898. The van der Waals surface area contributed by atoms with Crippen molar-refractivity contribution in [1.82, 2.24) is 19.9 Å². The molecule has 0 bridgehead atoms. The lowest BCUT2D eigenvalue weighted by atomic mass is 10.1. The fourth-order valence-corrected chi connectivity index (χ4v) is 2.47. The number of methoxy groups -OCH3 is 2. The second-order valence-corrected chi connectivity index (χ2v) is 5.85. The van der Waals surface area contributed by atoms with Crippen LogP contribution >= 0.6 is 0 Å². The minimum absolute atomic E-state index is 0.397. The Morgan fingerprint density at radius 1 is 1.04 bits per heavy atom. The van der Waals surface area contributed by atoms with Crippen LogP contribution in [0.4, 0.5) is 17.5 Å². The number of aryl methyl sites for hydroxylation is 2. The summed E-state index contributed by atoms with van der Waals surface area (Å²) in [4.78, 5) is 17.6. The number of anilines is 3. The van der Waals surface area contributed by atoms with Crippen LogP contribution in [0.5, 0.6) is 0 Å². The van der Waals surface area contributed by atoms with E-state index in [4.69, 9.17) is 9.47 Å². The van der Waals surface area contributed by atoms with E-state index < -0.39 is 6.29 Å². The Morgan fingerprint density at radius 3 is 2.58 bits per heavy atom. The van der Waals surface area contributed by atoms with Crippen molar-refractivity contribution >= 4 is 28.6 Å². The van der Waals surface area contributed by atoms with Crippen molar-refractivity contribution in [1.29, 1.82) is 0 Å². The summed E-state index contributed by atoms with van der Waals surface area (Å²) in [5.74, 6) is 1.01. The van der Waals surface area contributed by atoms with Crippen molar-refractivity contribution in [3.05, 3.63) is 41.7 Å². The highest BCUT2D eigenvalue weighted by Gasteiger charge is 2.13. The maximum Gasteiger partial charge on any atom is 0.227 e. The maximum absolute atomic E-state index is 5.18. The Kier molecular flexibility index (Phi) is 5.55. The van der Waals surface area contributed by atoms with Crippen LogP contribution in [-0.2, 0) is 9.47 Å². The molecular weight excluding hydrogens is 332 g/mol. The number of benzene rings is 1. The lowest BCUT2D eigenvalue weighted by Crippen LogP contribution is -2.24. The highest BCUT2D eigenvalue weighted by Crippen LogP contribution is 2.25. The van der Waals surface area contributed by atoms with Crippen molar-refractivity contribution in [3.63, 3.8) is 0 Å². The zero-order valence-corrected chi connectivity index (χ0v) is 15.3. The van der Waals surface area contributed by atoms with Crippen molar-refractivity contribution in [2.24, 2.45) is 0 Å². The average molecular weight is 354 g/mol. The number of fused-ring (bicyclic) bond motifs is 1. The van der Waals surface area contributed by atoms with Crippen molar-refractivity contribution in [2.45, 2.75) is 20.1 Å². The van der Waals surface area contributed by atoms with Crippen LogP contribution in [0.15, 0.2) is 30.6 Å². The molecule has 0 spiro atoms. The van der Waals surface area contributed by atoms with E-state index >= 15 is 0 Å². The average Bonchev–Trinajstić information content (AvgIpc) is 2.65. The van der Waals surface area contributed by atoms with Gasteiger partial charge in [0.05, 0.1) is 6.54 Å². The van der Waals surface area contributed by atoms with Crippen LogP contribution in [0.25, 0.3) is 11.2 Å². The van der Waals surface area contributed by atoms with Crippen molar-refractivity contribution < 1.29 is 9.47 Å². The molecule has 2 aromatic heterocycles. The second-order valence-electron chi connectivity index (χ2n) is 5.85. The van der Waals surface area contributed by atoms with E-state index in [2.05, 4.69) is 48.8 Å². The molecule has 26 heavy (non-hydrogen) atoms. The molecule has 2 N–H and O–H groups in total. The lowest BCUT2D eigenvalue weighted by molar-refractivity contribution is -0.0914. The topological polar surface area (TPSA) is 94.1 Å². The highest BCUT2D eigenvalue weighted by molar-refractivity contribution is 5.86. The minimum atomic E-state index is -0.397. The van der Waals surface area contributed by atoms with Gasteiger partial charge in [0, 0.05) is 32.3 Å². The number of ether oxygens (including phenoxy) is 2. The van der Waals surface area contributed by atoms with Gasteiger partial charge in [-0.15, -0.1) is 0 Å². The standard InChI is InChI=1S/C18H22N6O2/c1-11-5-6-12(2)13(9-11)22-17-15-16(20-8-7-19-15)23-18(24-17)21-10-14(25-3)26-4/h5-9,14H,10H2,1-4H3,(H2,20,21,22,23,24). The lowest BCUT2D eigenvalue weighted by Gasteiger charge is -2.15. The van der Waals surface area contributed by atoms with Crippen LogP contribution in [0.1, 0.15) is 11.1 Å². The van der Waals surface area contributed by atoms with Crippen LogP contribution < -0.4 is 10.6 Å². The molecule has 0 saturated carbocycles. The summed E-state index contributed by atoms with van der Waals surface area (Å²) in [7, 11) is 3.16. The predicted octanol–water partition coefficient (Wildman–Crippen LogP) is 2.81. The van der Waals surface area contributed by atoms with Crippen LogP contribution in [0, 0.1) is 13.8 Å². The number of nitrogens with zero attached hydrogens (tertiary/aromatic N) is 4. The van der Waals surface area contributed by atoms with Gasteiger partial charge in [0.25, 0.3) is 0 Å². The first-order valence-electron chi connectivity index (χ1n) is 8.23. The molecule has 0 saturated heterocycles. The van der Waals surface area contributed by atoms with E-state index in [1.807, 2.05) is 13.8 Å². The monoisotopic (exact) mass is 354 g/mol. The number of hydrogen-bond acceptors (Lipinski definition) is 8. The van der Waals surface area contributed by atoms with Crippen LogP contribution in [-0.4, -0.2) is 47.0 Å². The van der Waals surface area contributed by atoms with Gasteiger partial charge in [-0.3, -0.25) is 0 Å². The molecule has 3 aromatic rings. The fraction of sp³-hybridized carbons (Fsp3) is 0.333. The molecular formula is C18H22N6O2. The molecule has 0 unspecified atom stereocenters. The van der Waals surface area contributed by atoms with Gasteiger partial charge in [-0.25, -0.2) is 9.97 Å². The summed E-state index contributed by atoms with van der Waals surface area (Å²) < 4.78 is 10.4. The zero-order chi connectivity index (χ0) is 18.5. The van der Waals surface area contributed by atoms with Gasteiger partial charge in [0.1, 0.15) is 0 Å². The van der Waals surface area contributed by atoms with Crippen LogP contribution in [0.2, 0.25) is 0 Å². The molecule has 0 aliphatic heterocycles. The van der Waals surface area contributed by atoms with E-state index in [0.717, 1.165) is 16.8 Å². The zero-order valence-electron chi connectivity index (χ0n) is 15.3. The predicted molar refractivity (Wildman–Crippen MR) is 101 cm³/mol. The number of hydrogen-bond donors (Lipinski definition) is 2. The van der Waals surface area contributed by atoms with Gasteiger partial charge in [0.15, 0.2) is 23.3 Å². The smallest absolute Gasteiger partial charge is 0.227 e. The van der Waals surface area contributed by atoms with Gasteiger partial charge in [-0.2, -0.15) is 9.97 Å². The first kappa shape index (κ1) is 18.0. The first-order chi connectivity index (χ1) is 12.6. The summed E-state index contributed by atoms with van der Waals surface area (Å²) in [6.45, 7) is 4.49. The molecule has 8 heteroatoms. The number of nitrogens with one attached hydrogen (secondary N) is 2. The molecule has 0 aliphatic rings. The Labute approximate surface area is 152 Å². The molecule has 0 amide bonds. The van der Waals surface area contributed by atoms with Gasteiger partial charge in [-0.05, 0) is 31.0 Å². The first-order valence-corrected chi connectivity index (χ1v) is 8.23. The Morgan fingerprint density at radius 2 is 1.81 bits per heavy atom. The summed E-state index contributed by atoms with van der Waals surface area (Å²) in [5.41, 5.74) is 4.34. The van der Waals surface area contributed by atoms with Crippen molar-refractivity contribution in [3.8, 4) is 0 Å². The highest BCUT2D eigenvalue weighted by atomic mass is 16.7. The van der Waals surface area contributed by atoms with E-state index in [1.54, 1.807) is 26.6 Å². The molecule has 8 nitrogen and oxygen atoms in total. The second kappa shape index (κ2) is 8.03. The molecule has 1 aromatic carbocycles. The quantitative estimate of drug-likeness (QED) is 0.626. The SMILES string of the molecule is COC(CNc1nc(Nc2cc(C)ccc2C)c2nccnc2n1)OC. The molecule has 0 radical (unpaired) electrons. The largest absolute Gasteiger partial charge is 0.354 e. The van der Waals surface area contributed by atoms with Gasteiger partial charge >= 0.3 is 0 Å². The fourth-order valence-electron chi connectivity index (χ4n) is 2.47. The minimum Gasteiger partial charge on any atom is -0.354 e. The molecule has 3 rings (SSSR count). The van der Waals surface area contributed by atoms with Crippen molar-refractivity contribution in [2.75, 3.05) is 31.4 Å². The third kappa shape index (κ3) is 4.04. The normalized spacial score (nSPS) is 11.1. The van der Waals surface area contributed by atoms with E-state index in [1.165, 1.54) is 0 Å². The van der Waals surface area contributed by atoms with E-state index in [-0.39, 0.29) is 0 Å². The summed E-state index contributed by atoms with van der Waals surface area (Å²) in [5, 5.41) is 6.47. The maximum atomic E-state index is 5.18. The molecule has 136 valence electrons. The number of rotatable bonds is 7.